The molecule has 94 valence electrons. The summed E-state index contributed by atoms with van der Waals surface area (Å²) in [7, 11) is 1.51. The molecule has 1 aliphatic heterocycles. The van der Waals surface area contributed by atoms with E-state index in [2.05, 4.69) is 17.9 Å². The lowest BCUT2D eigenvalue weighted by Crippen LogP contribution is -2.42. The van der Waals surface area contributed by atoms with Crippen molar-refractivity contribution in [2.75, 3.05) is 19.9 Å². The third-order valence-corrected chi connectivity index (χ3v) is 2.10. The van der Waals surface area contributed by atoms with Crippen LogP contribution in [-0.2, 0) is 4.79 Å². The highest BCUT2D eigenvalue weighted by Gasteiger charge is 2.26. The maximum atomic E-state index is 12.9. The summed E-state index contributed by atoms with van der Waals surface area (Å²) in [4.78, 5) is 11.3. The van der Waals surface area contributed by atoms with E-state index in [9.17, 15) is 9.18 Å². The van der Waals surface area contributed by atoms with Gasteiger partial charge in [0.2, 0.25) is 6.10 Å². The van der Waals surface area contributed by atoms with Gasteiger partial charge in [-0.15, -0.1) is 0 Å². The molecular formula is C11H14FNO3S. The summed E-state index contributed by atoms with van der Waals surface area (Å²) < 4.78 is 23.4. The summed E-state index contributed by atoms with van der Waals surface area (Å²) in [6.07, 6.45) is 0.976. The van der Waals surface area contributed by atoms with Crippen molar-refractivity contribution in [2.24, 2.45) is 0 Å². The number of benzene rings is 1. The van der Waals surface area contributed by atoms with Crippen molar-refractivity contribution >= 4 is 18.5 Å². The summed E-state index contributed by atoms with van der Waals surface area (Å²) in [5.41, 5.74) is 0. The van der Waals surface area contributed by atoms with Gasteiger partial charge in [-0.25, -0.2) is 4.39 Å². The second kappa shape index (κ2) is 6.34. The van der Waals surface area contributed by atoms with E-state index < -0.39 is 11.9 Å². The first kappa shape index (κ1) is 13.6. The van der Waals surface area contributed by atoms with E-state index >= 15 is 0 Å². The smallest absolute Gasteiger partial charge is 0.264 e. The first-order valence-corrected chi connectivity index (χ1v) is 5.85. The number of carbonyl (C=O) groups is 1. The molecule has 1 atom stereocenters. The monoisotopic (exact) mass is 259 g/mol. The van der Waals surface area contributed by atoms with Crippen LogP contribution in [0, 0.1) is 5.82 Å². The van der Waals surface area contributed by atoms with Crippen LogP contribution >= 0.6 is 12.6 Å². The Morgan fingerprint density at radius 1 is 1.47 bits per heavy atom. The number of likely N-dealkylation sites (N-methyl/N-ethyl adjacent to an activating group) is 1. The molecule has 6 heteroatoms. The minimum atomic E-state index is -0.718. The molecule has 0 spiro atoms. The molecule has 1 amide bonds. The van der Waals surface area contributed by atoms with E-state index in [-0.39, 0.29) is 18.3 Å². The Labute approximate surface area is 105 Å². The SMILES string of the molecule is CNC(=O)C1COc2ccc(F)cc2O1.CS. The molecule has 1 aromatic carbocycles. The maximum Gasteiger partial charge on any atom is 0.264 e. The lowest BCUT2D eigenvalue weighted by molar-refractivity contribution is -0.129. The normalized spacial score (nSPS) is 16.6. The fourth-order valence-electron chi connectivity index (χ4n) is 1.34. The van der Waals surface area contributed by atoms with Gasteiger partial charge in [0.15, 0.2) is 11.5 Å². The fourth-order valence-corrected chi connectivity index (χ4v) is 1.34. The van der Waals surface area contributed by atoms with Crippen molar-refractivity contribution < 1.29 is 18.7 Å². The number of halogens is 1. The van der Waals surface area contributed by atoms with Crippen LogP contribution in [0.15, 0.2) is 18.2 Å². The van der Waals surface area contributed by atoms with Crippen LogP contribution in [0.3, 0.4) is 0 Å². The Kier molecular flexibility index (Phi) is 5.09. The number of hydrogen-bond donors (Lipinski definition) is 2. The van der Waals surface area contributed by atoms with E-state index in [1.165, 1.54) is 25.2 Å². The maximum absolute atomic E-state index is 12.9. The fraction of sp³-hybridized carbons (Fsp3) is 0.364. The highest BCUT2D eigenvalue weighted by Crippen LogP contribution is 2.31. The Balaban J connectivity index is 0.000000686. The topological polar surface area (TPSA) is 47.6 Å². The molecule has 1 heterocycles. The zero-order valence-corrected chi connectivity index (χ0v) is 10.5. The molecule has 0 bridgehead atoms. The lowest BCUT2D eigenvalue weighted by Gasteiger charge is -2.25. The zero-order chi connectivity index (χ0) is 12.8. The second-order valence-corrected chi connectivity index (χ2v) is 3.12. The van der Waals surface area contributed by atoms with Crippen LogP contribution in [0.1, 0.15) is 0 Å². The van der Waals surface area contributed by atoms with Crippen molar-refractivity contribution in [3.63, 3.8) is 0 Å². The lowest BCUT2D eigenvalue weighted by atomic mass is 10.2. The van der Waals surface area contributed by atoms with Crippen molar-refractivity contribution in [1.29, 1.82) is 0 Å². The Bertz CT molecular complexity index is 400. The average molecular weight is 259 g/mol. The summed E-state index contributed by atoms with van der Waals surface area (Å²) in [5, 5.41) is 2.44. The number of ether oxygens (including phenoxy) is 2. The van der Waals surface area contributed by atoms with Gasteiger partial charge in [0.1, 0.15) is 12.4 Å². The molecule has 0 aliphatic carbocycles. The van der Waals surface area contributed by atoms with Gasteiger partial charge < -0.3 is 14.8 Å². The van der Waals surface area contributed by atoms with Crippen molar-refractivity contribution in [2.45, 2.75) is 6.10 Å². The predicted octanol–water partition coefficient (Wildman–Crippen LogP) is 1.26. The van der Waals surface area contributed by atoms with E-state index in [1.807, 2.05) is 0 Å². The zero-order valence-electron chi connectivity index (χ0n) is 9.57. The molecule has 0 saturated heterocycles. The van der Waals surface area contributed by atoms with Crippen molar-refractivity contribution in [3.05, 3.63) is 24.0 Å². The molecule has 1 N–H and O–H groups in total. The van der Waals surface area contributed by atoms with Gasteiger partial charge in [-0.2, -0.15) is 12.6 Å². The Morgan fingerprint density at radius 3 is 2.82 bits per heavy atom. The summed E-state index contributed by atoms with van der Waals surface area (Å²) in [5.74, 6) is 0.00576. The van der Waals surface area contributed by atoms with Crippen LogP contribution in [-0.4, -0.2) is 31.9 Å². The molecule has 17 heavy (non-hydrogen) atoms. The van der Waals surface area contributed by atoms with Crippen LogP contribution in [0.5, 0.6) is 11.5 Å². The standard InChI is InChI=1S/C10H10FNO3.CH4S/c1-12-10(13)9-5-14-7-3-2-6(11)4-8(7)15-9;1-2/h2-4,9H,5H2,1H3,(H,12,13);2H,1H3. The molecular weight excluding hydrogens is 245 g/mol. The first-order valence-electron chi connectivity index (χ1n) is 4.96. The number of rotatable bonds is 1. The Morgan fingerprint density at radius 2 is 2.18 bits per heavy atom. The van der Waals surface area contributed by atoms with E-state index in [4.69, 9.17) is 9.47 Å². The highest BCUT2D eigenvalue weighted by molar-refractivity contribution is 7.79. The van der Waals surface area contributed by atoms with Crippen LogP contribution in [0.25, 0.3) is 0 Å². The molecule has 0 aromatic heterocycles. The van der Waals surface area contributed by atoms with E-state index in [0.29, 0.717) is 5.75 Å². The van der Waals surface area contributed by atoms with Gasteiger partial charge >= 0.3 is 0 Å². The number of amides is 1. The number of carbonyl (C=O) groups excluding carboxylic acids is 1. The molecule has 4 nitrogen and oxygen atoms in total. The number of hydrogen-bond acceptors (Lipinski definition) is 4. The van der Waals surface area contributed by atoms with Crippen molar-refractivity contribution in [1.82, 2.24) is 5.32 Å². The third-order valence-electron chi connectivity index (χ3n) is 2.10. The largest absolute Gasteiger partial charge is 0.485 e. The number of fused-ring (bicyclic) bond motifs is 1. The minimum absolute atomic E-state index is 0.137. The second-order valence-electron chi connectivity index (χ2n) is 3.12. The van der Waals surface area contributed by atoms with Crippen LogP contribution in [0.2, 0.25) is 0 Å². The van der Waals surface area contributed by atoms with Gasteiger partial charge in [0.25, 0.3) is 5.91 Å². The van der Waals surface area contributed by atoms with Gasteiger partial charge in [-0.05, 0) is 18.4 Å². The predicted molar refractivity (Wildman–Crippen MR) is 65.3 cm³/mol. The highest BCUT2D eigenvalue weighted by atomic mass is 32.1. The van der Waals surface area contributed by atoms with Gasteiger partial charge in [-0.3, -0.25) is 4.79 Å². The van der Waals surface area contributed by atoms with Crippen LogP contribution < -0.4 is 14.8 Å². The molecule has 0 fully saturated rings. The molecule has 0 radical (unpaired) electrons. The summed E-state index contributed by atoms with van der Waals surface area (Å²) in [6, 6.07) is 3.96. The van der Waals surface area contributed by atoms with E-state index in [0.717, 1.165) is 0 Å². The molecule has 1 aliphatic rings. The molecule has 2 rings (SSSR count). The average Bonchev–Trinajstić information content (AvgIpc) is 2.39. The Hall–Kier alpha value is -1.43. The van der Waals surface area contributed by atoms with Gasteiger partial charge in [0, 0.05) is 13.1 Å². The molecule has 1 aromatic rings. The molecule has 0 saturated carbocycles. The number of nitrogens with one attached hydrogen (secondary N) is 1. The van der Waals surface area contributed by atoms with Gasteiger partial charge in [0.05, 0.1) is 0 Å². The summed E-state index contributed by atoms with van der Waals surface area (Å²) in [6.45, 7) is 0.137. The number of thiol groups is 1. The van der Waals surface area contributed by atoms with Gasteiger partial charge in [-0.1, -0.05) is 0 Å². The van der Waals surface area contributed by atoms with E-state index in [1.54, 1.807) is 6.26 Å². The van der Waals surface area contributed by atoms with Crippen molar-refractivity contribution in [3.8, 4) is 11.5 Å². The molecule has 1 unspecified atom stereocenters. The quantitative estimate of drug-likeness (QED) is 0.746. The minimum Gasteiger partial charge on any atom is -0.485 e. The van der Waals surface area contributed by atoms with Crippen LogP contribution in [0.4, 0.5) is 4.39 Å². The first-order chi connectivity index (χ1) is 8.20. The third kappa shape index (κ3) is 3.26. The summed E-state index contributed by atoms with van der Waals surface area (Å²) >= 11 is 3.53.